The van der Waals surface area contributed by atoms with Crippen molar-refractivity contribution in [2.75, 3.05) is 14.7 Å². The monoisotopic (exact) mass is 979 g/mol. The minimum atomic E-state index is -3.61. The average molecular weight is 979 g/mol. The van der Waals surface area contributed by atoms with E-state index in [1.807, 2.05) is 0 Å². The van der Waals surface area contributed by atoms with Gasteiger partial charge in [0.2, 0.25) is 0 Å². The van der Waals surface area contributed by atoms with Crippen LogP contribution in [0.25, 0.3) is 44.2 Å². The molecule has 0 bridgehead atoms. The maximum absolute atomic E-state index is 3.61. The van der Waals surface area contributed by atoms with E-state index in [9.17, 15) is 0 Å². The molecule has 5 aliphatic rings. The topological polar surface area (TPSA) is 9.72 Å². The molecule has 0 amide bonds. The summed E-state index contributed by atoms with van der Waals surface area (Å²) in [6, 6.07) is 92.4. The number of anilines is 9. The molecular formula is C68H47GeN3. The van der Waals surface area contributed by atoms with Gasteiger partial charge in [0.15, 0.2) is 0 Å². The Morgan fingerprint density at radius 1 is 0.347 bits per heavy atom. The standard InChI is InChI=1S/C68H47GeN3/c1-2-40-69-65-58-32-18-34-60(65)71(48-22-8-4-9-23-48)62-42-46(43-63(67(62)69)72(49-24-10-5-11-25-49)61-35-19-33-59(66(61)69)70(58)47-20-6-3-7-21-47)44-36-38-50-45(41-44)37-39-54-53-28-14-17-31-57(53)68(64(50)54)55-29-15-12-26-51(55)52-27-13-16-30-56(52)68/h3-39,41-43H,2,40H2,1H3. The van der Waals surface area contributed by atoms with E-state index in [0.29, 0.717) is 0 Å². The second-order valence-corrected chi connectivity index (χ2v) is 28.2. The van der Waals surface area contributed by atoms with Crippen LogP contribution in [0.2, 0.25) is 5.25 Å². The fourth-order valence-electron chi connectivity index (χ4n) is 14.4. The van der Waals surface area contributed by atoms with Gasteiger partial charge in [0.1, 0.15) is 0 Å². The van der Waals surface area contributed by atoms with E-state index >= 15 is 0 Å². The average Bonchev–Trinajstić information content (AvgIpc) is 3.91. The minimum absolute atomic E-state index is 0.420. The van der Waals surface area contributed by atoms with Crippen molar-refractivity contribution in [2.45, 2.75) is 24.0 Å². The Labute approximate surface area is 422 Å². The molecule has 0 saturated heterocycles. The Morgan fingerprint density at radius 2 is 0.764 bits per heavy atom. The third-order valence-electron chi connectivity index (χ3n) is 16.8. The summed E-state index contributed by atoms with van der Waals surface area (Å²) in [7, 11) is 0. The second kappa shape index (κ2) is 14.8. The predicted molar refractivity (Wildman–Crippen MR) is 303 cm³/mol. The van der Waals surface area contributed by atoms with E-state index in [-0.39, 0.29) is 0 Å². The first-order chi connectivity index (χ1) is 35.7. The molecule has 3 heterocycles. The fourth-order valence-corrected chi connectivity index (χ4v) is 27.1. The van der Waals surface area contributed by atoms with Crippen LogP contribution in [0.4, 0.5) is 51.2 Å². The molecule has 0 aromatic heterocycles. The molecule has 2 aliphatic carbocycles. The summed E-state index contributed by atoms with van der Waals surface area (Å²) in [6.07, 6.45) is 1.10. The maximum atomic E-state index is 2.62. The Morgan fingerprint density at radius 3 is 1.24 bits per heavy atom. The van der Waals surface area contributed by atoms with Crippen molar-refractivity contribution in [2.24, 2.45) is 0 Å². The van der Waals surface area contributed by atoms with Gasteiger partial charge >= 0.3 is 377 Å². The molecule has 3 aliphatic heterocycles. The van der Waals surface area contributed by atoms with Gasteiger partial charge in [0.05, 0.1) is 0 Å². The molecule has 0 radical (unpaired) electrons. The van der Waals surface area contributed by atoms with Crippen LogP contribution in [0.1, 0.15) is 35.6 Å². The molecule has 0 fully saturated rings. The van der Waals surface area contributed by atoms with E-state index in [2.05, 4.69) is 264 Å². The Hall–Kier alpha value is -8.38. The molecular weight excluding hydrogens is 931 g/mol. The Kier molecular flexibility index (Phi) is 8.31. The number of benzene rings is 11. The number of rotatable bonds is 6. The summed E-state index contributed by atoms with van der Waals surface area (Å²) in [5.41, 5.74) is 24.3. The van der Waals surface area contributed by atoms with Gasteiger partial charge in [0, 0.05) is 0 Å². The zero-order valence-electron chi connectivity index (χ0n) is 39.8. The van der Waals surface area contributed by atoms with Crippen LogP contribution in [-0.2, 0) is 5.41 Å². The van der Waals surface area contributed by atoms with Gasteiger partial charge in [0.25, 0.3) is 0 Å². The van der Waals surface area contributed by atoms with Crippen LogP contribution in [-0.4, -0.2) is 13.3 Å². The number of hydrogen-bond acceptors (Lipinski definition) is 3. The van der Waals surface area contributed by atoms with Crippen LogP contribution in [0, 0.1) is 0 Å². The number of hydrogen-bond donors (Lipinski definition) is 0. The first kappa shape index (κ1) is 40.4. The molecule has 4 heteroatoms. The first-order valence-corrected chi connectivity index (χ1v) is 30.2. The quantitative estimate of drug-likeness (QED) is 0.154. The molecule has 72 heavy (non-hydrogen) atoms. The van der Waals surface area contributed by atoms with Crippen molar-refractivity contribution in [3.8, 4) is 33.4 Å². The number of para-hydroxylation sites is 3. The Bertz CT molecular complexity index is 3900. The third kappa shape index (κ3) is 5.01. The van der Waals surface area contributed by atoms with Crippen LogP contribution < -0.4 is 27.9 Å². The van der Waals surface area contributed by atoms with Gasteiger partial charge in [-0.2, -0.15) is 0 Å². The normalized spacial score (nSPS) is 15.0. The third-order valence-corrected chi connectivity index (χ3v) is 28.1. The summed E-state index contributed by atoms with van der Waals surface area (Å²) in [6.45, 7) is 2.42. The van der Waals surface area contributed by atoms with Crippen LogP contribution in [0.5, 0.6) is 0 Å². The van der Waals surface area contributed by atoms with Crippen molar-refractivity contribution in [3.63, 3.8) is 0 Å². The molecule has 3 nitrogen and oxygen atoms in total. The van der Waals surface area contributed by atoms with Crippen molar-refractivity contribution in [1.82, 2.24) is 0 Å². The van der Waals surface area contributed by atoms with Crippen LogP contribution in [0.3, 0.4) is 0 Å². The van der Waals surface area contributed by atoms with Gasteiger partial charge in [-0.15, -0.1) is 0 Å². The van der Waals surface area contributed by atoms with E-state index in [1.165, 1.54) is 118 Å². The SMILES string of the molecule is CC[CH2][Ge]12[c]3c4cccc3N(c3ccccc3)c3cc(-c5ccc6c7c(ccc6c5)-c5ccccc5C75c6ccccc6-c6ccccc65)cc([c]31)N(c1ccccc1)c1cccc([c]12)N4c1ccccc1. The van der Waals surface area contributed by atoms with Gasteiger partial charge in [-0.05, 0) is 0 Å². The van der Waals surface area contributed by atoms with Gasteiger partial charge < -0.3 is 0 Å². The van der Waals surface area contributed by atoms with Crippen molar-refractivity contribution in [1.29, 1.82) is 0 Å². The number of nitrogens with zero attached hydrogens (tertiary/aromatic N) is 3. The molecule has 11 aromatic rings. The molecule has 0 N–H and O–H groups in total. The predicted octanol–water partition coefficient (Wildman–Crippen LogP) is 16.1. The molecule has 1 spiro atoms. The van der Waals surface area contributed by atoms with Gasteiger partial charge in [-0.25, -0.2) is 0 Å². The van der Waals surface area contributed by atoms with Crippen LogP contribution in [0.15, 0.2) is 243 Å². The van der Waals surface area contributed by atoms with Crippen molar-refractivity contribution < 1.29 is 0 Å². The molecule has 16 rings (SSSR count). The van der Waals surface area contributed by atoms with Gasteiger partial charge in [-0.1, -0.05) is 48.5 Å². The molecule has 338 valence electrons. The van der Waals surface area contributed by atoms with E-state index < -0.39 is 18.7 Å². The summed E-state index contributed by atoms with van der Waals surface area (Å²) < 4.78 is 4.68. The summed E-state index contributed by atoms with van der Waals surface area (Å²) in [5, 5.41) is 3.71. The molecule has 0 atom stereocenters. The first-order valence-electron chi connectivity index (χ1n) is 25.6. The summed E-state index contributed by atoms with van der Waals surface area (Å²) in [5.74, 6) is 0. The number of fused-ring (bicyclic) bond motifs is 12. The van der Waals surface area contributed by atoms with E-state index in [1.54, 1.807) is 13.2 Å². The van der Waals surface area contributed by atoms with Crippen LogP contribution >= 0.6 is 0 Å². The summed E-state index contributed by atoms with van der Waals surface area (Å²) >= 11 is -3.61. The Balaban J connectivity index is 0.991. The van der Waals surface area contributed by atoms with E-state index in [0.717, 1.165) is 11.7 Å². The zero-order valence-corrected chi connectivity index (χ0v) is 41.9. The second-order valence-electron chi connectivity index (χ2n) is 20.2. The van der Waals surface area contributed by atoms with Crippen molar-refractivity contribution >= 4 is 88.4 Å². The fraction of sp³-hybridized carbons (Fsp3) is 0.0588. The van der Waals surface area contributed by atoms with Crippen molar-refractivity contribution in [3.05, 3.63) is 265 Å². The zero-order chi connectivity index (χ0) is 47.3. The molecule has 0 saturated carbocycles. The summed E-state index contributed by atoms with van der Waals surface area (Å²) in [4.78, 5) is 7.82. The van der Waals surface area contributed by atoms with Gasteiger partial charge in [-0.3, -0.25) is 0 Å². The van der Waals surface area contributed by atoms with E-state index in [4.69, 9.17) is 0 Å². The molecule has 11 aromatic carbocycles. The molecule has 0 unspecified atom stereocenters.